The maximum Gasteiger partial charge on any atom is 0.144 e. The molecular formula is C31H33NOSi. The van der Waals surface area contributed by atoms with Crippen molar-refractivity contribution in [2.24, 2.45) is 0 Å². The smallest absolute Gasteiger partial charge is 0.144 e. The molecule has 0 saturated heterocycles. The molecule has 0 N–H and O–H groups in total. The number of pyridine rings is 1. The van der Waals surface area contributed by atoms with Gasteiger partial charge in [0.25, 0.3) is 0 Å². The van der Waals surface area contributed by atoms with Gasteiger partial charge in [-0.1, -0.05) is 95.0 Å². The Hall–Kier alpha value is -3.17. The van der Waals surface area contributed by atoms with Crippen molar-refractivity contribution in [3.05, 3.63) is 95.7 Å². The van der Waals surface area contributed by atoms with Gasteiger partial charge in [-0.05, 0) is 46.0 Å². The molecular weight excluding hydrogens is 430 g/mol. The Labute approximate surface area is 206 Å². The van der Waals surface area contributed by atoms with Crippen LogP contribution in [0, 0.1) is 0 Å². The lowest BCUT2D eigenvalue weighted by Gasteiger charge is -2.23. The minimum absolute atomic E-state index is 0.722. The molecule has 0 radical (unpaired) electrons. The van der Waals surface area contributed by atoms with E-state index in [4.69, 9.17) is 12.1 Å². The first-order valence-corrected chi connectivity index (χ1v) is 15.4. The van der Waals surface area contributed by atoms with Crippen molar-refractivity contribution in [1.29, 1.82) is 0 Å². The number of furan rings is 1. The van der Waals surface area contributed by atoms with E-state index in [1.54, 1.807) is 0 Å². The minimum Gasteiger partial charge on any atom is -0.455 e. The van der Waals surface area contributed by atoms with E-state index in [1.807, 2.05) is 81.6 Å². The average molecular weight is 466 g/mol. The van der Waals surface area contributed by atoms with Crippen LogP contribution in [0.15, 0.2) is 83.4 Å². The van der Waals surface area contributed by atoms with E-state index in [-0.39, 0.29) is 0 Å². The molecule has 2 heterocycles. The van der Waals surface area contributed by atoms with E-state index in [9.17, 15) is 0 Å². The second kappa shape index (κ2) is 8.55. The van der Waals surface area contributed by atoms with Gasteiger partial charge in [-0.3, -0.25) is 4.98 Å². The van der Waals surface area contributed by atoms with Gasteiger partial charge in [-0.25, -0.2) is 0 Å². The number of hydrogen-bond donors (Lipinski definition) is 0. The van der Waals surface area contributed by atoms with Crippen LogP contribution in [0.2, 0.25) is 19.6 Å². The Kier molecular flexibility index (Phi) is 5.09. The lowest BCUT2D eigenvalue weighted by atomic mass is 9.92. The molecule has 0 aliphatic rings. The number of benzene rings is 3. The van der Waals surface area contributed by atoms with Crippen LogP contribution in [0.3, 0.4) is 0 Å². The largest absolute Gasteiger partial charge is 0.455 e. The molecule has 172 valence electrons. The molecule has 5 rings (SSSR count). The summed E-state index contributed by atoms with van der Waals surface area (Å²) >= 11 is 0. The number of para-hydroxylation sites is 1. The summed E-state index contributed by atoms with van der Waals surface area (Å²) in [6.07, 6.45) is 1.98. The first-order valence-electron chi connectivity index (χ1n) is 12.9. The van der Waals surface area contributed by atoms with Crippen molar-refractivity contribution in [1.82, 2.24) is 4.98 Å². The lowest BCUT2D eigenvalue weighted by molar-refractivity contribution is 0.668. The van der Waals surface area contributed by atoms with E-state index in [2.05, 4.69) is 37.8 Å². The first-order chi connectivity index (χ1) is 16.9. The standard InChI is InChI=1S/C31H33NOSi/c1-20(2)27-18-28(32-19-30(27)34(4,5)6)26-14-10-13-25-24-16-15-23(17-29(24)33-31(25)26)21(3)22-11-8-7-9-12-22/h7-21H,1-6H3/i20D,21D. The molecule has 1 atom stereocenters. The van der Waals surface area contributed by atoms with E-state index in [0.29, 0.717) is 0 Å². The van der Waals surface area contributed by atoms with Gasteiger partial charge in [0.2, 0.25) is 0 Å². The molecule has 2 aromatic heterocycles. The molecule has 0 aliphatic carbocycles. The quantitative estimate of drug-likeness (QED) is 0.243. The SMILES string of the molecule is [2H]C(C)(C)c1cc(-c2cccc3c2oc2cc(C([2H])(C)c4ccccc4)ccc23)ncc1[Si](C)(C)C. The van der Waals surface area contributed by atoms with Crippen LogP contribution in [-0.2, 0) is 0 Å². The highest BCUT2D eigenvalue weighted by Crippen LogP contribution is 2.37. The highest BCUT2D eigenvalue weighted by atomic mass is 28.3. The topological polar surface area (TPSA) is 26.0 Å². The van der Waals surface area contributed by atoms with E-state index < -0.39 is 19.9 Å². The molecule has 0 bridgehead atoms. The van der Waals surface area contributed by atoms with Gasteiger partial charge in [0.1, 0.15) is 11.2 Å². The molecule has 0 fully saturated rings. The Morgan fingerprint density at radius 1 is 0.824 bits per heavy atom. The number of nitrogens with zero attached hydrogens (tertiary/aromatic N) is 1. The average Bonchev–Trinajstić information content (AvgIpc) is 3.21. The van der Waals surface area contributed by atoms with Gasteiger partial charge < -0.3 is 4.42 Å². The van der Waals surface area contributed by atoms with Gasteiger partial charge in [0.15, 0.2) is 0 Å². The van der Waals surface area contributed by atoms with E-state index in [1.165, 1.54) is 5.19 Å². The zero-order valence-corrected chi connectivity index (χ0v) is 21.9. The highest BCUT2D eigenvalue weighted by molar-refractivity contribution is 6.89. The van der Waals surface area contributed by atoms with Crippen molar-refractivity contribution < 1.29 is 7.16 Å². The summed E-state index contributed by atoms with van der Waals surface area (Å²) in [4.78, 5) is 4.87. The van der Waals surface area contributed by atoms with Crippen LogP contribution in [0.4, 0.5) is 0 Å². The molecule has 1 unspecified atom stereocenters. The molecule has 34 heavy (non-hydrogen) atoms. The Balaban J connectivity index is 1.68. The van der Waals surface area contributed by atoms with Crippen LogP contribution in [-0.4, -0.2) is 13.1 Å². The summed E-state index contributed by atoms with van der Waals surface area (Å²) in [6.45, 7) is 12.7. The third kappa shape index (κ3) is 3.99. The zero-order chi connectivity index (χ0) is 25.9. The number of aromatic nitrogens is 1. The Morgan fingerprint density at radius 2 is 1.59 bits per heavy atom. The monoisotopic (exact) mass is 465 g/mol. The third-order valence-corrected chi connectivity index (χ3v) is 8.68. The van der Waals surface area contributed by atoms with Crippen molar-refractivity contribution in [2.45, 2.75) is 52.2 Å². The third-order valence-electron chi connectivity index (χ3n) is 6.67. The molecule has 0 saturated carbocycles. The molecule has 0 spiro atoms. The Morgan fingerprint density at radius 3 is 2.29 bits per heavy atom. The summed E-state index contributed by atoms with van der Waals surface area (Å²) in [5, 5.41) is 3.28. The van der Waals surface area contributed by atoms with Crippen LogP contribution in [0.1, 0.15) is 52.0 Å². The lowest BCUT2D eigenvalue weighted by Crippen LogP contribution is -2.40. The van der Waals surface area contributed by atoms with Crippen molar-refractivity contribution >= 4 is 35.2 Å². The van der Waals surface area contributed by atoms with Crippen molar-refractivity contribution in [3.63, 3.8) is 0 Å². The fourth-order valence-corrected chi connectivity index (χ4v) is 6.28. The first kappa shape index (κ1) is 20.2. The van der Waals surface area contributed by atoms with Gasteiger partial charge in [0, 0.05) is 31.2 Å². The summed E-state index contributed by atoms with van der Waals surface area (Å²) in [6, 6.07) is 24.3. The molecule has 2 nitrogen and oxygen atoms in total. The predicted molar refractivity (Wildman–Crippen MR) is 148 cm³/mol. The van der Waals surface area contributed by atoms with Crippen LogP contribution in [0.25, 0.3) is 33.2 Å². The molecule has 3 aromatic carbocycles. The maximum atomic E-state index is 9.08. The van der Waals surface area contributed by atoms with Gasteiger partial charge in [0.05, 0.1) is 13.8 Å². The van der Waals surface area contributed by atoms with Gasteiger partial charge in [-0.2, -0.15) is 0 Å². The summed E-state index contributed by atoms with van der Waals surface area (Å²) < 4.78 is 24.4. The van der Waals surface area contributed by atoms with Gasteiger partial charge >= 0.3 is 0 Å². The summed E-state index contributed by atoms with van der Waals surface area (Å²) in [7, 11) is -1.67. The number of hydrogen-bond acceptors (Lipinski definition) is 2. The maximum absolute atomic E-state index is 9.08. The normalized spacial score (nSPS) is 15.2. The van der Waals surface area contributed by atoms with Crippen molar-refractivity contribution in [2.75, 3.05) is 0 Å². The summed E-state index contributed by atoms with van der Waals surface area (Å²) in [5.41, 5.74) is 6.18. The Bertz CT molecular complexity index is 1570. The van der Waals surface area contributed by atoms with E-state index in [0.717, 1.165) is 49.9 Å². The molecule has 0 aliphatic heterocycles. The molecule has 3 heteroatoms. The second-order valence-electron chi connectivity index (χ2n) is 10.4. The highest BCUT2D eigenvalue weighted by Gasteiger charge is 2.23. The molecule has 5 aromatic rings. The van der Waals surface area contributed by atoms with Crippen LogP contribution >= 0.6 is 0 Å². The summed E-state index contributed by atoms with van der Waals surface area (Å²) in [5.74, 6) is -1.61. The fourth-order valence-electron chi connectivity index (χ4n) is 4.70. The predicted octanol–water partition coefficient (Wildman–Crippen LogP) is 8.47. The second-order valence-corrected chi connectivity index (χ2v) is 15.4. The number of fused-ring (bicyclic) bond motifs is 3. The molecule has 0 amide bonds. The van der Waals surface area contributed by atoms with Crippen LogP contribution in [0.5, 0.6) is 0 Å². The zero-order valence-electron chi connectivity index (χ0n) is 22.9. The van der Waals surface area contributed by atoms with Crippen molar-refractivity contribution in [3.8, 4) is 11.3 Å². The fraction of sp³-hybridized carbons (Fsp3) is 0.258. The number of rotatable bonds is 5. The van der Waals surface area contributed by atoms with Crippen LogP contribution < -0.4 is 5.19 Å². The minimum atomic E-state index is -1.67. The van der Waals surface area contributed by atoms with E-state index >= 15 is 0 Å². The van der Waals surface area contributed by atoms with Gasteiger partial charge in [-0.15, -0.1) is 0 Å².